The molecule has 0 spiro atoms. The van der Waals surface area contributed by atoms with Gasteiger partial charge < -0.3 is 14.7 Å². The molecule has 1 rings (SSSR count). The minimum Gasteiger partial charge on any atom is -0.491 e. The molecule has 0 heterocycles. The van der Waals surface area contributed by atoms with E-state index in [-0.39, 0.29) is 6.61 Å². The minimum absolute atomic E-state index is 0.0511. The van der Waals surface area contributed by atoms with E-state index in [1.807, 2.05) is 18.2 Å². The number of anilines is 1. The van der Waals surface area contributed by atoms with E-state index in [4.69, 9.17) is 9.84 Å². The molecular formula is C12H19NO2. The van der Waals surface area contributed by atoms with Crippen LogP contribution in [0.15, 0.2) is 24.3 Å². The molecule has 0 aliphatic rings. The van der Waals surface area contributed by atoms with Crippen LogP contribution < -0.4 is 9.64 Å². The standard InChI is InChI=1S/C12H19NO2/c1-3-13(4-2)11-6-5-7-12(10-11)15-9-8-14/h5-7,10,14H,3-4,8-9H2,1-2H3. The quantitative estimate of drug-likeness (QED) is 0.776. The first-order valence-corrected chi connectivity index (χ1v) is 5.40. The molecule has 0 saturated heterocycles. The van der Waals surface area contributed by atoms with Crippen LogP contribution in [0.5, 0.6) is 5.75 Å². The molecule has 1 aromatic carbocycles. The summed E-state index contributed by atoms with van der Waals surface area (Å²) in [4.78, 5) is 2.26. The van der Waals surface area contributed by atoms with Crippen molar-refractivity contribution in [2.24, 2.45) is 0 Å². The SMILES string of the molecule is CCN(CC)c1cccc(OCCO)c1. The van der Waals surface area contributed by atoms with Crippen LogP contribution in [0.1, 0.15) is 13.8 Å². The van der Waals surface area contributed by atoms with Crippen molar-refractivity contribution in [3.05, 3.63) is 24.3 Å². The maximum absolute atomic E-state index is 8.66. The average Bonchev–Trinajstić information content (AvgIpc) is 2.29. The molecule has 0 aromatic heterocycles. The molecule has 0 atom stereocenters. The van der Waals surface area contributed by atoms with Gasteiger partial charge >= 0.3 is 0 Å². The monoisotopic (exact) mass is 209 g/mol. The van der Waals surface area contributed by atoms with Crippen LogP contribution >= 0.6 is 0 Å². The summed E-state index contributed by atoms with van der Waals surface area (Å²) in [5.41, 5.74) is 1.16. The second-order valence-electron chi connectivity index (χ2n) is 3.24. The minimum atomic E-state index is 0.0511. The van der Waals surface area contributed by atoms with Crippen molar-refractivity contribution < 1.29 is 9.84 Å². The summed E-state index contributed by atoms with van der Waals surface area (Å²) < 4.78 is 5.36. The number of aliphatic hydroxyl groups is 1. The Balaban J connectivity index is 2.72. The average molecular weight is 209 g/mol. The highest BCUT2D eigenvalue weighted by molar-refractivity contribution is 5.50. The fourth-order valence-electron chi connectivity index (χ4n) is 1.52. The molecule has 84 valence electrons. The first-order chi connectivity index (χ1) is 7.31. The lowest BCUT2D eigenvalue weighted by Gasteiger charge is -2.21. The maximum atomic E-state index is 8.66. The molecule has 0 saturated carbocycles. The number of ether oxygens (including phenoxy) is 1. The third-order valence-electron chi connectivity index (χ3n) is 2.31. The fraction of sp³-hybridized carbons (Fsp3) is 0.500. The van der Waals surface area contributed by atoms with E-state index in [0.29, 0.717) is 6.61 Å². The second-order valence-corrected chi connectivity index (χ2v) is 3.24. The lowest BCUT2D eigenvalue weighted by atomic mass is 10.2. The Morgan fingerprint density at radius 1 is 1.27 bits per heavy atom. The van der Waals surface area contributed by atoms with E-state index in [1.54, 1.807) is 0 Å². The molecule has 1 aromatic rings. The van der Waals surface area contributed by atoms with Crippen LogP contribution in [0.4, 0.5) is 5.69 Å². The van der Waals surface area contributed by atoms with Gasteiger partial charge in [0.25, 0.3) is 0 Å². The van der Waals surface area contributed by atoms with Crippen LogP contribution in [-0.4, -0.2) is 31.4 Å². The van der Waals surface area contributed by atoms with E-state index < -0.39 is 0 Å². The molecule has 3 heteroatoms. The van der Waals surface area contributed by atoms with Crippen LogP contribution in [0.3, 0.4) is 0 Å². The molecule has 3 nitrogen and oxygen atoms in total. The van der Waals surface area contributed by atoms with Crippen LogP contribution in [0, 0.1) is 0 Å². The zero-order chi connectivity index (χ0) is 11.1. The number of rotatable bonds is 6. The Hall–Kier alpha value is -1.22. The highest BCUT2D eigenvalue weighted by Crippen LogP contribution is 2.20. The number of hydrogen-bond acceptors (Lipinski definition) is 3. The number of benzene rings is 1. The van der Waals surface area contributed by atoms with Crippen molar-refractivity contribution in [1.82, 2.24) is 0 Å². The summed E-state index contributed by atoms with van der Waals surface area (Å²) in [7, 11) is 0. The Morgan fingerprint density at radius 3 is 2.60 bits per heavy atom. The van der Waals surface area contributed by atoms with Crippen LogP contribution in [0.25, 0.3) is 0 Å². The Bertz CT molecular complexity index is 285. The van der Waals surface area contributed by atoms with Crippen molar-refractivity contribution >= 4 is 5.69 Å². The fourth-order valence-corrected chi connectivity index (χ4v) is 1.52. The first kappa shape index (κ1) is 11.9. The van der Waals surface area contributed by atoms with E-state index >= 15 is 0 Å². The summed E-state index contributed by atoms with van der Waals surface area (Å²) in [5.74, 6) is 0.813. The number of nitrogens with zero attached hydrogens (tertiary/aromatic N) is 1. The second kappa shape index (κ2) is 6.30. The molecule has 0 aliphatic carbocycles. The van der Waals surface area contributed by atoms with Crippen molar-refractivity contribution in [3.63, 3.8) is 0 Å². The number of aliphatic hydroxyl groups excluding tert-OH is 1. The Kier molecular flexibility index (Phi) is 4.98. The predicted molar refractivity (Wildman–Crippen MR) is 62.6 cm³/mol. The number of hydrogen-bond donors (Lipinski definition) is 1. The molecule has 0 unspecified atom stereocenters. The third-order valence-corrected chi connectivity index (χ3v) is 2.31. The van der Waals surface area contributed by atoms with Crippen molar-refractivity contribution in [1.29, 1.82) is 0 Å². The van der Waals surface area contributed by atoms with Crippen LogP contribution in [-0.2, 0) is 0 Å². The van der Waals surface area contributed by atoms with Gasteiger partial charge in [0.15, 0.2) is 0 Å². The molecular weight excluding hydrogens is 190 g/mol. The topological polar surface area (TPSA) is 32.7 Å². The molecule has 0 fully saturated rings. The first-order valence-electron chi connectivity index (χ1n) is 5.40. The van der Waals surface area contributed by atoms with Gasteiger partial charge in [-0.1, -0.05) is 6.07 Å². The lowest BCUT2D eigenvalue weighted by molar-refractivity contribution is 0.201. The smallest absolute Gasteiger partial charge is 0.121 e. The van der Waals surface area contributed by atoms with E-state index in [2.05, 4.69) is 24.8 Å². The van der Waals surface area contributed by atoms with Gasteiger partial charge in [0.2, 0.25) is 0 Å². The van der Waals surface area contributed by atoms with Gasteiger partial charge in [0.1, 0.15) is 12.4 Å². The van der Waals surface area contributed by atoms with Gasteiger partial charge in [-0.15, -0.1) is 0 Å². The van der Waals surface area contributed by atoms with Gasteiger partial charge in [-0.25, -0.2) is 0 Å². The van der Waals surface area contributed by atoms with Crippen LogP contribution in [0.2, 0.25) is 0 Å². The summed E-state index contributed by atoms with van der Waals surface area (Å²) in [6.07, 6.45) is 0. The van der Waals surface area contributed by atoms with Crippen molar-refractivity contribution in [2.45, 2.75) is 13.8 Å². The Morgan fingerprint density at radius 2 is 2.00 bits per heavy atom. The summed E-state index contributed by atoms with van der Waals surface area (Å²) in [6.45, 7) is 6.63. The highest BCUT2D eigenvalue weighted by Gasteiger charge is 2.02. The highest BCUT2D eigenvalue weighted by atomic mass is 16.5. The molecule has 1 N–H and O–H groups in total. The molecule has 15 heavy (non-hydrogen) atoms. The Labute approximate surface area is 91.3 Å². The summed E-state index contributed by atoms with van der Waals surface area (Å²) >= 11 is 0. The summed E-state index contributed by atoms with van der Waals surface area (Å²) in [5, 5.41) is 8.66. The zero-order valence-electron chi connectivity index (χ0n) is 9.44. The van der Waals surface area contributed by atoms with Gasteiger partial charge in [0, 0.05) is 24.8 Å². The molecule has 0 radical (unpaired) electrons. The molecule has 0 amide bonds. The largest absolute Gasteiger partial charge is 0.491 e. The molecule has 0 bridgehead atoms. The van der Waals surface area contributed by atoms with Gasteiger partial charge in [-0.2, -0.15) is 0 Å². The lowest BCUT2D eigenvalue weighted by Crippen LogP contribution is -2.21. The van der Waals surface area contributed by atoms with Gasteiger partial charge in [-0.3, -0.25) is 0 Å². The molecule has 0 aliphatic heterocycles. The van der Waals surface area contributed by atoms with E-state index in [9.17, 15) is 0 Å². The third kappa shape index (κ3) is 3.44. The maximum Gasteiger partial charge on any atom is 0.121 e. The normalized spacial score (nSPS) is 10.1. The van der Waals surface area contributed by atoms with Gasteiger partial charge in [0.05, 0.1) is 6.61 Å². The summed E-state index contributed by atoms with van der Waals surface area (Å²) in [6, 6.07) is 7.95. The van der Waals surface area contributed by atoms with E-state index in [1.165, 1.54) is 0 Å². The van der Waals surface area contributed by atoms with Crippen molar-refractivity contribution in [3.8, 4) is 5.75 Å². The van der Waals surface area contributed by atoms with Crippen molar-refractivity contribution in [2.75, 3.05) is 31.2 Å². The van der Waals surface area contributed by atoms with Gasteiger partial charge in [-0.05, 0) is 26.0 Å². The van der Waals surface area contributed by atoms with E-state index in [0.717, 1.165) is 24.5 Å². The predicted octanol–water partition coefficient (Wildman–Crippen LogP) is 1.90. The zero-order valence-corrected chi connectivity index (χ0v) is 9.44.